The second-order valence-corrected chi connectivity index (χ2v) is 5.07. The molecule has 0 fully saturated rings. The average Bonchev–Trinajstić information content (AvgIpc) is 2.28. The molecule has 0 aliphatic carbocycles. The van der Waals surface area contributed by atoms with Crippen LogP contribution in [-0.2, 0) is 4.79 Å². The van der Waals surface area contributed by atoms with Crippen LogP contribution in [0.3, 0.4) is 0 Å². The van der Waals surface area contributed by atoms with Crippen LogP contribution in [0.4, 0.5) is 0 Å². The number of hydrogen-bond donors (Lipinski definition) is 1. The van der Waals surface area contributed by atoms with E-state index in [4.69, 9.17) is 5.11 Å². The Labute approximate surface area is 106 Å². The number of phenols is 1. The summed E-state index contributed by atoms with van der Waals surface area (Å²) in [6.45, 7) is 5.84. The predicted octanol–water partition coefficient (Wildman–Crippen LogP) is 3.78. The van der Waals surface area contributed by atoms with Crippen LogP contribution in [0.5, 0.6) is 5.75 Å². The third-order valence-electron chi connectivity index (χ3n) is 2.30. The number of rotatable bonds is 3. The Hall–Kier alpha value is -0.830. The lowest BCUT2D eigenvalue weighted by molar-refractivity contribution is -0.121. The summed E-state index contributed by atoms with van der Waals surface area (Å²) < 4.78 is 0. The van der Waals surface area contributed by atoms with E-state index in [2.05, 4.69) is 15.9 Å². The molecule has 0 bridgehead atoms. The zero-order valence-electron chi connectivity index (χ0n) is 9.98. The third-order valence-corrected chi connectivity index (χ3v) is 3.09. The number of carbonyl (C=O) groups excluding carboxylic acids is 1. The van der Waals surface area contributed by atoms with Gasteiger partial charge in [-0.05, 0) is 12.1 Å². The van der Waals surface area contributed by atoms with Crippen LogP contribution in [0.15, 0.2) is 30.3 Å². The van der Waals surface area contributed by atoms with Gasteiger partial charge in [-0.3, -0.25) is 4.79 Å². The van der Waals surface area contributed by atoms with Crippen LogP contribution in [0.25, 0.3) is 0 Å². The Kier molecular flexibility index (Phi) is 7.90. The highest BCUT2D eigenvalue weighted by Crippen LogP contribution is 2.13. The minimum Gasteiger partial charge on any atom is -0.508 e. The number of hydrogen-bond acceptors (Lipinski definition) is 2. The first-order valence-electron chi connectivity index (χ1n) is 5.39. The summed E-state index contributed by atoms with van der Waals surface area (Å²) in [6, 6.07) is 8.71. The standard InChI is InChI=1S/C7H13BrO.C6H6O/c1-4-7(9)5(2)6(3)8;7-6-4-2-1-3-5-6/h5-6H,4H2,1-3H3;1-5,7H. The van der Waals surface area contributed by atoms with Crippen LogP contribution in [0.2, 0.25) is 0 Å². The molecule has 90 valence electrons. The van der Waals surface area contributed by atoms with Gasteiger partial charge in [0, 0.05) is 17.2 Å². The van der Waals surface area contributed by atoms with Crippen LogP contribution >= 0.6 is 15.9 Å². The molecular formula is C13H19BrO2. The maximum Gasteiger partial charge on any atom is 0.136 e. The first-order chi connectivity index (χ1) is 7.49. The fraction of sp³-hybridized carbons (Fsp3) is 0.462. The van der Waals surface area contributed by atoms with E-state index in [1.165, 1.54) is 0 Å². The van der Waals surface area contributed by atoms with Crippen LogP contribution in [0.1, 0.15) is 27.2 Å². The fourth-order valence-corrected chi connectivity index (χ4v) is 1.30. The molecule has 1 N–H and O–H groups in total. The fourth-order valence-electron chi connectivity index (χ4n) is 1.01. The third kappa shape index (κ3) is 6.62. The molecule has 0 aliphatic rings. The molecule has 3 heteroatoms. The Balaban J connectivity index is 0.000000288. The molecule has 0 saturated heterocycles. The van der Waals surface area contributed by atoms with E-state index in [9.17, 15) is 4.79 Å². The van der Waals surface area contributed by atoms with Crippen molar-refractivity contribution < 1.29 is 9.90 Å². The molecule has 2 unspecified atom stereocenters. The molecule has 1 rings (SSSR count). The van der Waals surface area contributed by atoms with Gasteiger partial charge in [-0.15, -0.1) is 0 Å². The largest absolute Gasteiger partial charge is 0.508 e. The number of Topliss-reactive ketones (excluding diaryl/α,β-unsaturated/α-hetero) is 1. The number of carbonyl (C=O) groups is 1. The zero-order chi connectivity index (χ0) is 12.6. The summed E-state index contributed by atoms with van der Waals surface area (Å²) in [5.74, 6) is 0.817. The van der Waals surface area contributed by atoms with E-state index in [0.717, 1.165) is 0 Å². The summed E-state index contributed by atoms with van der Waals surface area (Å²) in [7, 11) is 0. The summed E-state index contributed by atoms with van der Waals surface area (Å²) in [5.41, 5.74) is 0. The molecular weight excluding hydrogens is 268 g/mol. The molecule has 0 radical (unpaired) electrons. The summed E-state index contributed by atoms with van der Waals surface area (Å²) in [5, 5.41) is 8.63. The van der Waals surface area contributed by atoms with Gasteiger partial charge in [0.25, 0.3) is 0 Å². The van der Waals surface area contributed by atoms with Crippen LogP contribution in [-0.4, -0.2) is 15.7 Å². The Morgan fingerprint density at radius 3 is 2.00 bits per heavy atom. The van der Waals surface area contributed by atoms with Crippen molar-refractivity contribution in [1.82, 2.24) is 0 Å². The van der Waals surface area contributed by atoms with Gasteiger partial charge in [-0.2, -0.15) is 0 Å². The first-order valence-corrected chi connectivity index (χ1v) is 6.31. The van der Waals surface area contributed by atoms with E-state index >= 15 is 0 Å². The van der Waals surface area contributed by atoms with Crippen molar-refractivity contribution in [2.24, 2.45) is 5.92 Å². The molecule has 0 heterocycles. The maximum absolute atomic E-state index is 10.9. The topological polar surface area (TPSA) is 37.3 Å². The molecule has 2 atom stereocenters. The molecule has 0 saturated carbocycles. The maximum atomic E-state index is 10.9. The molecule has 16 heavy (non-hydrogen) atoms. The van der Waals surface area contributed by atoms with E-state index in [-0.39, 0.29) is 5.92 Å². The number of halogens is 1. The van der Waals surface area contributed by atoms with Gasteiger partial charge in [0.2, 0.25) is 0 Å². The van der Waals surface area contributed by atoms with Crippen molar-refractivity contribution in [2.75, 3.05) is 0 Å². The average molecular weight is 287 g/mol. The lowest BCUT2D eigenvalue weighted by Gasteiger charge is -2.10. The van der Waals surface area contributed by atoms with Crippen molar-refractivity contribution in [3.05, 3.63) is 30.3 Å². The van der Waals surface area contributed by atoms with Crippen molar-refractivity contribution in [1.29, 1.82) is 0 Å². The number of ketones is 1. The monoisotopic (exact) mass is 286 g/mol. The zero-order valence-corrected chi connectivity index (χ0v) is 11.6. The van der Waals surface area contributed by atoms with E-state index in [0.29, 0.717) is 22.8 Å². The number of para-hydroxylation sites is 1. The Morgan fingerprint density at radius 1 is 1.31 bits per heavy atom. The number of phenolic OH excluding ortho intramolecular Hbond substituents is 1. The summed E-state index contributed by atoms with van der Waals surface area (Å²) in [6.07, 6.45) is 0.650. The van der Waals surface area contributed by atoms with Gasteiger partial charge < -0.3 is 5.11 Å². The number of alkyl halides is 1. The Morgan fingerprint density at radius 2 is 1.81 bits per heavy atom. The van der Waals surface area contributed by atoms with Gasteiger partial charge >= 0.3 is 0 Å². The second-order valence-electron chi connectivity index (χ2n) is 3.62. The van der Waals surface area contributed by atoms with Crippen molar-refractivity contribution in [3.63, 3.8) is 0 Å². The molecule has 1 aromatic rings. The summed E-state index contributed by atoms with van der Waals surface area (Å²) >= 11 is 3.36. The molecule has 0 aromatic heterocycles. The van der Waals surface area contributed by atoms with Crippen molar-refractivity contribution >= 4 is 21.7 Å². The smallest absolute Gasteiger partial charge is 0.136 e. The summed E-state index contributed by atoms with van der Waals surface area (Å²) in [4.78, 5) is 11.2. The van der Waals surface area contributed by atoms with Crippen LogP contribution in [0, 0.1) is 5.92 Å². The van der Waals surface area contributed by atoms with Gasteiger partial charge in [-0.25, -0.2) is 0 Å². The molecule has 2 nitrogen and oxygen atoms in total. The van der Waals surface area contributed by atoms with Crippen LogP contribution < -0.4 is 0 Å². The molecule has 0 aliphatic heterocycles. The van der Waals surface area contributed by atoms with E-state index < -0.39 is 0 Å². The minimum absolute atomic E-state index is 0.162. The van der Waals surface area contributed by atoms with Crippen molar-refractivity contribution in [3.8, 4) is 5.75 Å². The Bertz CT molecular complexity index is 296. The van der Waals surface area contributed by atoms with Crippen molar-refractivity contribution in [2.45, 2.75) is 32.0 Å². The van der Waals surface area contributed by atoms with E-state index in [1.54, 1.807) is 24.3 Å². The normalized spacial score (nSPS) is 13.2. The lowest BCUT2D eigenvalue weighted by Crippen LogP contribution is -2.17. The predicted molar refractivity (Wildman–Crippen MR) is 71.0 cm³/mol. The molecule has 0 amide bonds. The SMILES string of the molecule is CCC(=O)C(C)C(C)Br.Oc1ccccc1. The molecule has 1 aromatic carbocycles. The highest BCUT2D eigenvalue weighted by molar-refractivity contribution is 9.09. The van der Waals surface area contributed by atoms with Gasteiger partial charge in [0.1, 0.15) is 11.5 Å². The number of benzene rings is 1. The highest BCUT2D eigenvalue weighted by atomic mass is 79.9. The lowest BCUT2D eigenvalue weighted by atomic mass is 10.0. The highest BCUT2D eigenvalue weighted by Gasteiger charge is 2.14. The second kappa shape index (κ2) is 8.34. The van der Waals surface area contributed by atoms with Gasteiger partial charge in [-0.1, -0.05) is 54.9 Å². The minimum atomic E-state index is 0.162. The first kappa shape index (κ1) is 15.2. The molecule has 0 spiro atoms. The van der Waals surface area contributed by atoms with E-state index in [1.807, 2.05) is 26.8 Å². The number of aromatic hydroxyl groups is 1. The quantitative estimate of drug-likeness (QED) is 0.859. The van der Waals surface area contributed by atoms with Gasteiger partial charge in [0.15, 0.2) is 0 Å². The van der Waals surface area contributed by atoms with Gasteiger partial charge in [0.05, 0.1) is 0 Å².